The fourth-order valence-corrected chi connectivity index (χ4v) is 3.11. The molecule has 1 aliphatic rings. The number of hydrogen-bond donors (Lipinski definition) is 2. The Kier molecular flexibility index (Phi) is 7.28. The number of amides is 2. The van der Waals surface area contributed by atoms with Crippen molar-refractivity contribution in [2.75, 3.05) is 51.7 Å². The van der Waals surface area contributed by atoms with Gasteiger partial charge in [0, 0.05) is 39.3 Å². The molecular weight excluding hydrogens is 352 g/mol. The number of hydrogen-bond acceptors (Lipinski definition) is 4. The minimum atomic E-state index is -0.240. The molecule has 0 saturated carbocycles. The van der Waals surface area contributed by atoms with Gasteiger partial charge >= 0.3 is 6.03 Å². The van der Waals surface area contributed by atoms with Gasteiger partial charge in [-0.3, -0.25) is 4.90 Å². The van der Waals surface area contributed by atoms with Crippen molar-refractivity contribution in [3.63, 3.8) is 0 Å². The van der Waals surface area contributed by atoms with E-state index >= 15 is 0 Å². The van der Waals surface area contributed by atoms with Crippen molar-refractivity contribution in [2.24, 2.45) is 0 Å². The van der Waals surface area contributed by atoms with Crippen LogP contribution in [0.25, 0.3) is 0 Å². The van der Waals surface area contributed by atoms with Gasteiger partial charge in [-0.1, -0.05) is 42.0 Å². The molecule has 1 saturated heterocycles. The van der Waals surface area contributed by atoms with Gasteiger partial charge < -0.3 is 20.3 Å². The third-order valence-corrected chi connectivity index (χ3v) is 4.97. The summed E-state index contributed by atoms with van der Waals surface area (Å²) in [6, 6.07) is 15.4. The molecule has 0 radical (unpaired) electrons. The van der Waals surface area contributed by atoms with Crippen molar-refractivity contribution in [3.8, 4) is 5.75 Å². The second kappa shape index (κ2) is 10.1. The average molecular weight is 383 g/mol. The summed E-state index contributed by atoms with van der Waals surface area (Å²) in [5.41, 5.74) is 2.95. The molecule has 0 unspecified atom stereocenters. The van der Waals surface area contributed by atoms with Gasteiger partial charge in [-0.25, -0.2) is 4.79 Å². The third-order valence-electron chi connectivity index (χ3n) is 4.97. The number of rotatable bonds is 7. The summed E-state index contributed by atoms with van der Waals surface area (Å²) in [6.45, 7) is 8.36. The van der Waals surface area contributed by atoms with Crippen LogP contribution in [0.2, 0.25) is 0 Å². The van der Waals surface area contributed by atoms with Crippen LogP contribution in [0, 0.1) is 6.92 Å². The van der Waals surface area contributed by atoms with Crippen molar-refractivity contribution in [2.45, 2.75) is 13.5 Å². The van der Waals surface area contributed by atoms with E-state index in [9.17, 15) is 4.79 Å². The highest BCUT2D eigenvalue weighted by molar-refractivity contribution is 5.90. The van der Waals surface area contributed by atoms with Gasteiger partial charge in [0.15, 0.2) is 0 Å². The number of carbonyl (C=O) groups is 1. The number of ether oxygens (including phenoxy) is 1. The first-order valence-electron chi connectivity index (χ1n) is 9.83. The van der Waals surface area contributed by atoms with E-state index in [-0.39, 0.29) is 6.03 Å². The van der Waals surface area contributed by atoms with E-state index in [0.717, 1.165) is 38.3 Å². The Balaban J connectivity index is 1.46. The van der Waals surface area contributed by atoms with Crippen molar-refractivity contribution in [1.82, 2.24) is 15.1 Å². The minimum Gasteiger partial charge on any atom is -0.490 e. The fourth-order valence-electron chi connectivity index (χ4n) is 3.11. The lowest BCUT2D eigenvalue weighted by Gasteiger charge is -2.32. The van der Waals surface area contributed by atoms with Crippen LogP contribution in [0.4, 0.5) is 10.5 Å². The molecule has 2 amide bonds. The van der Waals surface area contributed by atoms with Crippen molar-refractivity contribution in [1.29, 1.82) is 0 Å². The molecule has 0 aliphatic carbocycles. The van der Waals surface area contributed by atoms with Crippen LogP contribution >= 0.6 is 0 Å². The maximum absolute atomic E-state index is 12.3. The quantitative estimate of drug-likeness (QED) is 0.773. The third kappa shape index (κ3) is 6.25. The molecule has 3 rings (SSSR count). The molecule has 1 fully saturated rings. The summed E-state index contributed by atoms with van der Waals surface area (Å²) in [6.07, 6.45) is 0. The summed E-state index contributed by atoms with van der Waals surface area (Å²) in [4.78, 5) is 17.0. The van der Waals surface area contributed by atoms with Crippen LogP contribution in [-0.2, 0) is 6.54 Å². The predicted molar refractivity (Wildman–Crippen MR) is 113 cm³/mol. The first-order valence-corrected chi connectivity index (χ1v) is 9.83. The largest absolute Gasteiger partial charge is 0.490 e. The van der Waals surface area contributed by atoms with E-state index in [1.54, 1.807) is 0 Å². The summed E-state index contributed by atoms with van der Waals surface area (Å²) in [7, 11) is 2.15. The highest BCUT2D eigenvalue weighted by Crippen LogP contribution is 2.23. The van der Waals surface area contributed by atoms with Gasteiger partial charge in [0.2, 0.25) is 0 Å². The number of carbonyl (C=O) groups excluding carboxylic acids is 1. The van der Waals surface area contributed by atoms with Gasteiger partial charge in [-0.2, -0.15) is 0 Å². The molecule has 150 valence electrons. The molecule has 0 atom stereocenters. The molecule has 0 spiro atoms. The second-order valence-electron chi connectivity index (χ2n) is 7.28. The molecule has 1 aliphatic heterocycles. The van der Waals surface area contributed by atoms with Gasteiger partial charge in [0.05, 0.1) is 5.69 Å². The minimum absolute atomic E-state index is 0.240. The lowest BCUT2D eigenvalue weighted by molar-refractivity contribution is 0.134. The second-order valence-corrected chi connectivity index (χ2v) is 7.28. The van der Waals surface area contributed by atoms with E-state index in [1.165, 1.54) is 5.56 Å². The van der Waals surface area contributed by atoms with E-state index in [4.69, 9.17) is 4.74 Å². The lowest BCUT2D eigenvalue weighted by Crippen LogP contribution is -2.45. The monoisotopic (exact) mass is 382 g/mol. The fraction of sp³-hybridized carbons (Fsp3) is 0.409. The van der Waals surface area contributed by atoms with Gasteiger partial charge in [0.1, 0.15) is 12.4 Å². The predicted octanol–water partition coefficient (Wildman–Crippen LogP) is 2.94. The zero-order chi connectivity index (χ0) is 19.8. The zero-order valence-electron chi connectivity index (χ0n) is 16.8. The average Bonchev–Trinajstić information content (AvgIpc) is 2.70. The number of para-hydroxylation sites is 2. The van der Waals surface area contributed by atoms with Crippen LogP contribution in [-0.4, -0.2) is 62.2 Å². The molecular formula is C22H30N4O2. The van der Waals surface area contributed by atoms with E-state index in [2.05, 4.69) is 27.5 Å². The normalized spacial score (nSPS) is 15.2. The Bertz CT molecular complexity index is 755. The number of urea groups is 1. The van der Waals surface area contributed by atoms with Crippen LogP contribution in [0.1, 0.15) is 11.1 Å². The maximum Gasteiger partial charge on any atom is 0.319 e. The Labute approximate surface area is 167 Å². The standard InChI is InChI=1S/C22H30N4O2/c1-18-7-9-19(10-8-18)17-23-22(27)24-20-5-3-4-6-21(20)28-16-15-26-13-11-25(2)12-14-26/h3-10H,11-17H2,1-2H3,(H2,23,24,27). The molecule has 2 aromatic rings. The lowest BCUT2D eigenvalue weighted by atomic mass is 10.1. The molecule has 6 heteroatoms. The molecule has 1 heterocycles. The number of anilines is 1. The molecule has 0 aromatic heterocycles. The maximum atomic E-state index is 12.3. The van der Waals surface area contributed by atoms with Gasteiger partial charge in [-0.15, -0.1) is 0 Å². The van der Waals surface area contributed by atoms with Crippen LogP contribution in [0.5, 0.6) is 5.75 Å². The van der Waals surface area contributed by atoms with E-state index in [0.29, 0.717) is 24.6 Å². The molecule has 2 N–H and O–H groups in total. The van der Waals surface area contributed by atoms with Crippen LogP contribution in [0.15, 0.2) is 48.5 Å². The number of benzene rings is 2. The zero-order valence-corrected chi connectivity index (χ0v) is 16.8. The molecule has 2 aromatic carbocycles. The van der Waals surface area contributed by atoms with Crippen molar-refractivity contribution >= 4 is 11.7 Å². The van der Waals surface area contributed by atoms with Crippen LogP contribution in [0.3, 0.4) is 0 Å². The number of nitrogens with one attached hydrogen (secondary N) is 2. The summed E-state index contributed by atoms with van der Waals surface area (Å²) in [5, 5.41) is 5.78. The van der Waals surface area contributed by atoms with E-state index in [1.807, 2.05) is 55.5 Å². The van der Waals surface area contributed by atoms with Gasteiger partial charge in [0.25, 0.3) is 0 Å². The van der Waals surface area contributed by atoms with Crippen LogP contribution < -0.4 is 15.4 Å². The topological polar surface area (TPSA) is 56.8 Å². The molecule has 28 heavy (non-hydrogen) atoms. The number of aryl methyl sites for hydroxylation is 1. The Morgan fingerprint density at radius 1 is 1.04 bits per heavy atom. The highest BCUT2D eigenvalue weighted by Gasteiger charge is 2.14. The molecule has 0 bridgehead atoms. The Morgan fingerprint density at radius 2 is 1.75 bits per heavy atom. The highest BCUT2D eigenvalue weighted by atomic mass is 16.5. The van der Waals surface area contributed by atoms with Crippen molar-refractivity contribution in [3.05, 3.63) is 59.7 Å². The molecule has 6 nitrogen and oxygen atoms in total. The number of likely N-dealkylation sites (N-methyl/N-ethyl adjacent to an activating group) is 1. The smallest absolute Gasteiger partial charge is 0.319 e. The number of piperazine rings is 1. The summed E-state index contributed by atoms with van der Waals surface area (Å²) >= 11 is 0. The summed E-state index contributed by atoms with van der Waals surface area (Å²) < 4.78 is 5.95. The summed E-state index contributed by atoms with van der Waals surface area (Å²) in [5.74, 6) is 0.696. The Morgan fingerprint density at radius 3 is 2.50 bits per heavy atom. The van der Waals surface area contributed by atoms with Gasteiger partial charge in [-0.05, 0) is 31.7 Å². The first-order chi connectivity index (χ1) is 13.6. The first kappa shape index (κ1) is 20.2. The Hall–Kier alpha value is -2.57. The van der Waals surface area contributed by atoms with Crippen molar-refractivity contribution < 1.29 is 9.53 Å². The number of nitrogens with zero attached hydrogens (tertiary/aromatic N) is 2. The SMILES string of the molecule is Cc1ccc(CNC(=O)Nc2ccccc2OCCN2CCN(C)CC2)cc1. The van der Waals surface area contributed by atoms with E-state index < -0.39 is 0 Å².